The van der Waals surface area contributed by atoms with Crippen molar-refractivity contribution >= 4 is 39.5 Å². The van der Waals surface area contributed by atoms with E-state index in [1.54, 1.807) is 23.5 Å². The van der Waals surface area contributed by atoms with Gasteiger partial charge in [-0.05, 0) is 48.7 Å². The summed E-state index contributed by atoms with van der Waals surface area (Å²) in [6, 6.07) is 13.8. The van der Waals surface area contributed by atoms with Crippen LogP contribution in [0.25, 0.3) is 0 Å². The van der Waals surface area contributed by atoms with Crippen LogP contribution in [0.1, 0.15) is 27.0 Å². The molecule has 1 aliphatic heterocycles. The first-order valence-electron chi connectivity index (χ1n) is 7.90. The number of amides is 1. The normalized spacial score (nSPS) is 13.7. The Morgan fingerprint density at radius 1 is 1.21 bits per heavy atom. The number of aryl methyl sites for hydroxylation is 2. The highest BCUT2D eigenvalue weighted by Crippen LogP contribution is 2.27. The van der Waals surface area contributed by atoms with Crippen LogP contribution in [0.5, 0.6) is 0 Å². The fraction of sp³-hybridized carbons (Fsp3) is 0.263. The number of nitrogens with one attached hydrogen (secondary N) is 1. The van der Waals surface area contributed by atoms with E-state index in [1.165, 1.54) is 11.1 Å². The largest absolute Gasteiger partial charge is 0.322 e. The Bertz CT molecular complexity index is 787. The number of aliphatic imine (C=N–C) groups is 1. The van der Waals surface area contributed by atoms with E-state index in [2.05, 4.69) is 24.2 Å². The van der Waals surface area contributed by atoms with Crippen LogP contribution in [0, 0.1) is 13.8 Å². The second kappa shape index (κ2) is 7.90. The average molecular weight is 357 g/mol. The van der Waals surface area contributed by atoms with Gasteiger partial charge in [-0.2, -0.15) is 0 Å². The Labute approximate surface area is 151 Å². The van der Waals surface area contributed by atoms with E-state index >= 15 is 0 Å². The Hall–Kier alpha value is -1.72. The molecule has 1 heterocycles. The van der Waals surface area contributed by atoms with Crippen LogP contribution in [0.3, 0.4) is 0 Å². The molecule has 24 heavy (non-hydrogen) atoms. The lowest BCUT2D eigenvalue weighted by atomic mass is 10.1. The maximum atomic E-state index is 12.7. The molecule has 5 heteroatoms. The minimum atomic E-state index is -0.0598. The molecule has 1 amide bonds. The Kier molecular flexibility index (Phi) is 5.63. The minimum Gasteiger partial charge on any atom is -0.322 e. The van der Waals surface area contributed by atoms with Gasteiger partial charge in [0.05, 0.1) is 6.54 Å². The van der Waals surface area contributed by atoms with Gasteiger partial charge in [0, 0.05) is 22.8 Å². The standard InChI is InChI=1S/C19H20N2OS2/c1-13-7-8-16(11-14(13)2)21-18(22)17-6-4-3-5-15(17)12-24-19-20-9-10-23-19/h3-8,11H,9-10,12H2,1-2H3,(H,21,22). The molecule has 3 rings (SSSR count). The van der Waals surface area contributed by atoms with Gasteiger partial charge in [-0.3, -0.25) is 9.79 Å². The highest BCUT2D eigenvalue weighted by Gasteiger charge is 2.14. The summed E-state index contributed by atoms with van der Waals surface area (Å²) in [5.74, 6) is 1.77. The fourth-order valence-electron chi connectivity index (χ4n) is 2.43. The van der Waals surface area contributed by atoms with Gasteiger partial charge in [0.2, 0.25) is 0 Å². The van der Waals surface area contributed by atoms with Gasteiger partial charge in [0.25, 0.3) is 5.91 Å². The van der Waals surface area contributed by atoms with Crippen LogP contribution in [0.2, 0.25) is 0 Å². The van der Waals surface area contributed by atoms with Crippen LogP contribution in [0.15, 0.2) is 47.5 Å². The summed E-state index contributed by atoms with van der Waals surface area (Å²) in [5, 5.41) is 3.01. The highest BCUT2D eigenvalue weighted by molar-refractivity contribution is 8.38. The number of nitrogens with zero attached hydrogens (tertiary/aromatic N) is 1. The molecule has 1 aliphatic rings. The van der Waals surface area contributed by atoms with E-state index in [9.17, 15) is 4.79 Å². The van der Waals surface area contributed by atoms with E-state index in [1.807, 2.05) is 42.5 Å². The smallest absolute Gasteiger partial charge is 0.255 e. The van der Waals surface area contributed by atoms with E-state index in [-0.39, 0.29) is 5.91 Å². The third-order valence-electron chi connectivity index (χ3n) is 3.94. The number of benzene rings is 2. The monoisotopic (exact) mass is 356 g/mol. The molecule has 0 aromatic heterocycles. The van der Waals surface area contributed by atoms with Crippen LogP contribution < -0.4 is 5.32 Å². The Morgan fingerprint density at radius 2 is 2.04 bits per heavy atom. The van der Waals surface area contributed by atoms with Gasteiger partial charge in [0.1, 0.15) is 4.38 Å². The van der Waals surface area contributed by atoms with Crippen LogP contribution >= 0.6 is 23.5 Å². The first-order chi connectivity index (χ1) is 11.6. The van der Waals surface area contributed by atoms with Gasteiger partial charge in [0.15, 0.2) is 0 Å². The topological polar surface area (TPSA) is 41.5 Å². The van der Waals surface area contributed by atoms with E-state index in [4.69, 9.17) is 0 Å². The molecular formula is C19H20N2OS2. The van der Waals surface area contributed by atoms with E-state index in [0.29, 0.717) is 0 Å². The molecule has 2 aromatic carbocycles. The molecule has 0 saturated carbocycles. The maximum Gasteiger partial charge on any atom is 0.255 e. The summed E-state index contributed by atoms with van der Waals surface area (Å²) >= 11 is 3.51. The van der Waals surface area contributed by atoms with Crippen molar-refractivity contribution in [3.05, 3.63) is 64.7 Å². The number of anilines is 1. The van der Waals surface area contributed by atoms with Crippen molar-refractivity contribution in [1.29, 1.82) is 0 Å². The van der Waals surface area contributed by atoms with Crippen molar-refractivity contribution in [2.24, 2.45) is 4.99 Å². The van der Waals surface area contributed by atoms with E-state index < -0.39 is 0 Å². The number of hydrogen-bond acceptors (Lipinski definition) is 4. The zero-order valence-electron chi connectivity index (χ0n) is 13.8. The lowest BCUT2D eigenvalue weighted by Gasteiger charge is -2.11. The zero-order valence-corrected chi connectivity index (χ0v) is 15.5. The second-order valence-corrected chi connectivity index (χ2v) is 8.00. The quantitative estimate of drug-likeness (QED) is 0.848. The molecule has 2 aromatic rings. The van der Waals surface area contributed by atoms with Crippen LogP contribution in [0.4, 0.5) is 5.69 Å². The average Bonchev–Trinajstić information content (AvgIpc) is 3.10. The third-order valence-corrected chi connectivity index (χ3v) is 6.24. The summed E-state index contributed by atoms with van der Waals surface area (Å²) in [6.45, 7) is 5.02. The number of hydrogen-bond donors (Lipinski definition) is 1. The van der Waals surface area contributed by atoms with Crippen LogP contribution in [-0.4, -0.2) is 22.6 Å². The fourth-order valence-corrected chi connectivity index (χ4v) is 4.44. The molecule has 0 aliphatic carbocycles. The van der Waals surface area contributed by atoms with Crippen molar-refractivity contribution in [3.63, 3.8) is 0 Å². The van der Waals surface area contributed by atoms with Crippen molar-refractivity contribution in [2.75, 3.05) is 17.6 Å². The molecule has 0 bridgehead atoms. The SMILES string of the molecule is Cc1ccc(NC(=O)c2ccccc2CSC2=NCCS2)cc1C. The first kappa shape index (κ1) is 17.1. The summed E-state index contributed by atoms with van der Waals surface area (Å²) in [5.41, 5.74) is 5.00. The summed E-state index contributed by atoms with van der Waals surface area (Å²) in [7, 11) is 0. The van der Waals surface area contributed by atoms with Gasteiger partial charge in [-0.15, -0.1) is 0 Å². The maximum absolute atomic E-state index is 12.7. The predicted octanol–water partition coefficient (Wildman–Crippen LogP) is 4.89. The molecule has 0 saturated heterocycles. The second-order valence-electron chi connectivity index (χ2n) is 5.70. The van der Waals surface area contributed by atoms with Gasteiger partial charge in [-0.25, -0.2) is 0 Å². The van der Waals surface area contributed by atoms with Gasteiger partial charge < -0.3 is 5.32 Å². The van der Waals surface area contributed by atoms with Gasteiger partial charge in [-0.1, -0.05) is 47.8 Å². The molecule has 124 valence electrons. The molecule has 0 spiro atoms. The number of thioether (sulfide) groups is 2. The lowest BCUT2D eigenvalue weighted by molar-refractivity contribution is 0.102. The highest BCUT2D eigenvalue weighted by atomic mass is 32.2. The van der Waals surface area contributed by atoms with Crippen molar-refractivity contribution < 1.29 is 4.79 Å². The molecular weight excluding hydrogens is 336 g/mol. The van der Waals surface area contributed by atoms with Crippen LogP contribution in [-0.2, 0) is 5.75 Å². The van der Waals surface area contributed by atoms with Crippen molar-refractivity contribution in [2.45, 2.75) is 19.6 Å². The Balaban J connectivity index is 1.73. The molecule has 0 atom stereocenters. The Morgan fingerprint density at radius 3 is 2.79 bits per heavy atom. The first-order valence-corrected chi connectivity index (χ1v) is 9.87. The lowest BCUT2D eigenvalue weighted by Crippen LogP contribution is -2.14. The zero-order chi connectivity index (χ0) is 16.9. The molecule has 3 nitrogen and oxygen atoms in total. The number of rotatable bonds is 4. The van der Waals surface area contributed by atoms with Gasteiger partial charge >= 0.3 is 0 Å². The third kappa shape index (κ3) is 4.22. The predicted molar refractivity (Wildman–Crippen MR) is 106 cm³/mol. The van der Waals surface area contributed by atoms with E-state index in [0.717, 1.165) is 39.2 Å². The van der Waals surface area contributed by atoms with Crippen molar-refractivity contribution in [3.8, 4) is 0 Å². The van der Waals surface area contributed by atoms with Crippen molar-refractivity contribution in [1.82, 2.24) is 0 Å². The molecule has 0 radical (unpaired) electrons. The molecule has 0 fully saturated rings. The minimum absolute atomic E-state index is 0.0598. The number of carbonyl (C=O) groups excluding carboxylic acids is 1. The summed E-state index contributed by atoms with van der Waals surface area (Å²) < 4.78 is 1.12. The molecule has 1 N–H and O–H groups in total. The number of carbonyl (C=O) groups is 1. The molecule has 0 unspecified atom stereocenters. The summed E-state index contributed by atoms with van der Waals surface area (Å²) in [6.07, 6.45) is 0. The summed E-state index contributed by atoms with van der Waals surface area (Å²) in [4.78, 5) is 17.1.